The van der Waals surface area contributed by atoms with Crippen molar-refractivity contribution in [1.29, 1.82) is 0 Å². The zero-order chi connectivity index (χ0) is 13.8. The van der Waals surface area contributed by atoms with Gasteiger partial charge in [-0.1, -0.05) is 35.0 Å². The molecule has 1 atom stereocenters. The highest BCUT2D eigenvalue weighted by Crippen LogP contribution is 2.20. The molecule has 1 aromatic carbocycles. The Hall–Kier alpha value is -1.69. The Balaban J connectivity index is 2.21. The van der Waals surface area contributed by atoms with E-state index in [1.54, 1.807) is 6.33 Å². The summed E-state index contributed by atoms with van der Waals surface area (Å²) in [6, 6.07) is 7.56. The van der Waals surface area contributed by atoms with Gasteiger partial charge < -0.3 is 9.88 Å². The zero-order valence-corrected chi connectivity index (χ0v) is 12.4. The van der Waals surface area contributed by atoms with Gasteiger partial charge in [-0.15, -0.1) is 10.2 Å². The minimum absolute atomic E-state index is 0.0439. The molecule has 0 radical (unpaired) electrons. The topological polar surface area (TPSA) is 59.8 Å². The number of carbonyl (C=O) groups excluding carboxylic acids is 1. The maximum Gasteiger partial charge on any atom is 0.238 e. The highest BCUT2D eigenvalue weighted by molar-refractivity contribution is 9.10. The Labute approximate surface area is 120 Å². The Morgan fingerprint density at radius 2 is 2.32 bits per heavy atom. The second-order valence-corrected chi connectivity index (χ2v) is 5.32. The maximum absolute atomic E-state index is 11.8. The van der Waals surface area contributed by atoms with E-state index < -0.39 is 0 Å². The van der Waals surface area contributed by atoms with Crippen LogP contribution in [0.1, 0.15) is 13.3 Å². The molecule has 0 aliphatic heterocycles. The summed E-state index contributed by atoms with van der Waals surface area (Å²) in [7, 11) is 1.88. The van der Waals surface area contributed by atoms with E-state index in [9.17, 15) is 4.79 Å². The number of aromatic nitrogens is 3. The molecule has 0 spiro atoms. The van der Waals surface area contributed by atoms with Crippen molar-refractivity contribution in [2.45, 2.75) is 18.2 Å². The van der Waals surface area contributed by atoms with E-state index in [0.29, 0.717) is 0 Å². The predicted molar refractivity (Wildman–Crippen MR) is 78.1 cm³/mol. The lowest BCUT2D eigenvalue weighted by Gasteiger charge is -2.09. The van der Waals surface area contributed by atoms with Crippen molar-refractivity contribution in [2.24, 2.45) is 7.05 Å². The molecule has 0 aliphatic carbocycles. The molecule has 1 N–H and O–H groups in total. The quantitative estimate of drug-likeness (QED) is 0.880. The predicted octanol–water partition coefficient (Wildman–Crippen LogP) is 2.59. The van der Waals surface area contributed by atoms with E-state index in [1.807, 2.05) is 42.8 Å². The summed E-state index contributed by atoms with van der Waals surface area (Å²) in [5.74, 6) is 0.722. The fraction of sp³-hybridized carbons (Fsp3) is 0.308. The van der Waals surface area contributed by atoms with Crippen LogP contribution in [0, 0.1) is 0 Å². The number of hydrogen-bond acceptors (Lipinski definition) is 3. The van der Waals surface area contributed by atoms with Gasteiger partial charge in [-0.25, -0.2) is 0 Å². The molecule has 1 heterocycles. The first-order valence-electron chi connectivity index (χ1n) is 6.01. The summed E-state index contributed by atoms with van der Waals surface area (Å²) in [5.41, 5.74) is 1.67. The molecule has 19 heavy (non-hydrogen) atoms. The second kappa shape index (κ2) is 5.97. The van der Waals surface area contributed by atoms with Crippen LogP contribution in [0.4, 0.5) is 5.69 Å². The summed E-state index contributed by atoms with van der Waals surface area (Å²) >= 11 is 3.33. The number of nitrogens with one attached hydrogen (secondary N) is 1. The highest BCUT2D eigenvalue weighted by atomic mass is 79.9. The molecule has 0 bridgehead atoms. The minimum atomic E-state index is -0.175. The third-order valence-corrected chi connectivity index (χ3v) is 3.81. The van der Waals surface area contributed by atoms with Crippen LogP contribution in [0.25, 0.3) is 11.4 Å². The van der Waals surface area contributed by atoms with E-state index in [1.165, 1.54) is 0 Å². The molecule has 0 aliphatic rings. The fourth-order valence-electron chi connectivity index (χ4n) is 1.69. The summed E-state index contributed by atoms with van der Waals surface area (Å²) in [6.07, 6.45) is 2.39. The Bertz CT molecular complexity index is 582. The number of hydrogen-bond donors (Lipinski definition) is 1. The van der Waals surface area contributed by atoms with Crippen LogP contribution < -0.4 is 5.32 Å². The summed E-state index contributed by atoms with van der Waals surface area (Å²) in [4.78, 5) is 11.6. The van der Waals surface area contributed by atoms with Crippen LogP contribution in [0.3, 0.4) is 0 Å². The molecular formula is C13H15BrN4O. The van der Waals surface area contributed by atoms with E-state index >= 15 is 0 Å². The van der Waals surface area contributed by atoms with Crippen molar-refractivity contribution >= 4 is 27.5 Å². The lowest BCUT2D eigenvalue weighted by atomic mass is 10.2. The number of halogens is 1. The van der Waals surface area contributed by atoms with Gasteiger partial charge in [0.05, 0.1) is 4.83 Å². The van der Waals surface area contributed by atoms with E-state index in [-0.39, 0.29) is 10.7 Å². The standard InChI is InChI=1S/C13H15BrN4O/c1-3-11(14)13(19)16-10-6-4-5-9(7-10)12-17-15-8-18(12)2/h4-8,11H,3H2,1-2H3,(H,16,19). The molecule has 2 rings (SSSR count). The first-order valence-corrected chi connectivity index (χ1v) is 6.92. The van der Waals surface area contributed by atoms with Crippen molar-refractivity contribution in [2.75, 3.05) is 5.32 Å². The van der Waals surface area contributed by atoms with Crippen molar-refractivity contribution in [1.82, 2.24) is 14.8 Å². The van der Waals surface area contributed by atoms with Crippen molar-refractivity contribution in [3.05, 3.63) is 30.6 Å². The third-order valence-electron chi connectivity index (χ3n) is 2.74. The average molecular weight is 323 g/mol. The Kier molecular flexibility index (Phi) is 4.31. The smallest absolute Gasteiger partial charge is 0.238 e. The largest absolute Gasteiger partial charge is 0.325 e. The van der Waals surface area contributed by atoms with Crippen LogP contribution in [-0.2, 0) is 11.8 Å². The van der Waals surface area contributed by atoms with Crippen LogP contribution in [0.5, 0.6) is 0 Å². The fourth-order valence-corrected chi connectivity index (χ4v) is 1.80. The number of carbonyl (C=O) groups is 1. The van der Waals surface area contributed by atoms with Crippen LogP contribution in [0.2, 0.25) is 0 Å². The van der Waals surface area contributed by atoms with Crippen molar-refractivity contribution in [3.63, 3.8) is 0 Å². The summed E-state index contributed by atoms with van der Waals surface area (Å²) in [6.45, 7) is 1.95. The van der Waals surface area contributed by atoms with E-state index in [2.05, 4.69) is 31.4 Å². The second-order valence-electron chi connectivity index (χ2n) is 4.21. The number of anilines is 1. The molecule has 0 saturated carbocycles. The molecule has 1 unspecified atom stereocenters. The van der Waals surface area contributed by atoms with Gasteiger partial charge in [0.25, 0.3) is 0 Å². The van der Waals surface area contributed by atoms with Gasteiger partial charge in [-0.3, -0.25) is 4.79 Å². The van der Waals surface area contributed by atoms with Gasteiger partial charge in [0.1, 0.15) is 6.33 Å². The number of benzene rings is 1. The van der Waals surface area contributed by atoms with Gasteiger partial charge in [0, 0.05) is 18.3 Å². The Morgan fingerprint density at radius 3 is 2.95 bits per heavy atom. The zero-order valence-electron chi connectivity index (χ0n) is 10.8. The highest BCUT2D eigenvalue weighted by Gasteiger charge is 2.13. The van der Waals surface area contributed by atoms with Gasteiger partial charge in [0.15, 0.2) is 5.82 Å². The van der Waals surface area contributed by atoms with Crippen LogP contribution in [-0.4, -0.2) is 25.5 Å². The lowest BCUT2D eigenvalue weighted by molar-refractivity contribution is -0.115. The number of nitrogens with zero attached hydrogens (tertiary/aromatic N) is 3. The molecule has 1 amide bonds. The lowest BCUT2D eigenvalue weighted by Crippen LogP contribution is -2.21. The normalized spacial score (nSPS) is 12.2. The molecule has 0 saturated heterocycles. The number of rotatable bonds is 4. The molecular weight excluding hydrogens is 308 g/mol. The van der Waals surface area contributed by atoms with E-state index in [4.69, 9.17) is 0 Å². The number of alkyl halides is 1. The molecule has 1 aromatic heterocycles. The van der Waals surface area contributed by atoms with E-state index in [0.717, 1.165) is 23.5 Å². The maximum atomic E-state index is 11.8. The monoisotopic (exact) mass is 322 g/mol. The number of amides is 1. The average Bonchev–Trinajstić information content (AvgIpc) is 2.84. The van der Waals surface area contributed by atoms with Crippen LogP contribution in [0.15, 0.2) is 30.6 Å². The van der Waals surface area contributed by atoms with Gasteiger partial charge in [-0.2, -0.15) is 0 Å². The summed E-state index contributed by atoms with van der Waals surface area (Å²) in [5, 5.41) is 10.8. The number of aryl methyl sites for hydroxylation is 1. The minimum Gasteiger partial charge on any atom is -0.325 e. The third kappa shape index (κ3) is 3.20. The van der Waals surface area contributed by atoms with Gasteiger partial charge in [-0.05, 0) is 18.6 Å². The van der Waals surface area contributed by atoms with Gasteiger partial charge in [0.2, 0.25) is 5.91 Å². The molecule has 0 fully saturated rings. The molecule has 100 valence electrons. The van der Waals surface area contributed by atoms with Crippen molar-refractivity contribution in [3.8, 4) is 11.4 Å². The van der Waals surface area contributed by atoms with Crippen molar-refractivity contribution < 1.29 is 4.79 Å². The summed E-state index contributed by atoms with van der Waals surface area (Å²) < 4.78 is 1.83. The molecule has 5 nitrogen and oxygen atoms in total. The SMILES string of the molecule is CCC(Br)C(=O)Nc1cccc(-c2nncn2C)c1. The van der Waals surface area contributed by atoms with Gasteiger partial charge >= 0.3 is 0 Å². The first kappa shape index (κ1) is 13.7. The molecule has 2 aromatic rings. The first-order chi connectivity index (χ1) is 9.11. The van der Waals surface area contributed by atoms with Crippen LogP contribution >= 0.6 is 15.9 Å². The Morgan fingerprint density at radius 1 is 1.53 bits per heavy atom. The molecule has 6 heteroatoms.